The van der Waals surface area contributed by atoms with Gasteiger partial charge in [-0.1, -0.05) is 19.1 Å². The maximum atomic E-state index is 14.1. The second-order valence-electron chi connectivity index (χ2n) is 12.0. The Bertz CT molecular complexity index is 1640. The van der Waals surface area contributed by atoms with Crippen LogP contribution in [0.3, 0.4) is 0 Å². The van der Waals surface area contributed by atoms with Crippen LogP contribution in [0.25, 0.3) is 11.1 Å². The van der Waals surface area contributed by atoms with Gasteiger partial charge in [0.2, 0.25) is 11.8 Å². The highest BCUT2D eigenvalue weighted by molar-refractivity contribution is 5.98. The number of carbonyl (C=O) groups excluding carboxylic acids is 3. The number of nitrogens with one attached hydrogen (secondary N) is 1. The number of hydrogen-bond acceptors (Lipinski definition) is 8. The number of aromatic nitrogens is 2. The van der Waals surface area contributed by atoms with Crippen LogP contribution in [0, 0.1) is 19.3 Å². The minimum Gasteiger partial charge on any atom is -0.497 e. The second-order valence-corrected chi connectivity index (χ2v) is 12.0. The lowest BCUT2D eigenvalue weighted by Crippen LogP contribution is -2.49. The summed E-state index contributed by atoms with van der Waals surface area (Å²) in [5.41, 5.74) is 2.98. The van der Waals surface area contributed by atoms with Crippen molar-refractivity contribution in [3.63, 3.8) is 0 Å². The molecule has 1 aliphatic carbocycles. The SMILES string of the molecule is COc1cccc(CNC(=O)[C@@H]2C[C@@]3(C)C[C@H]3N2C(=O)CC2(C(C)=O)N=Nc3c(C)cc(-c4cnc(C)nc4)cc32)c1. The molecule has 1 aromatic heterocycles. The van der Waals surface area contributed by atoms with E-state index >= 15 is 0 Å². The van der Waals surface area contributed by atoms with Gasteiger partial charge in [0.05, 0.1) is 19.2 Å². The van der Waals surface area contributed by atoms with Crippen molar-refractivity contribution in [1.82, 2.24) is 20.2 Å². The molecule has 2 fully saturated rings. The number of likely N-dealkylation sites (tertiary alicyclic amines) is 1. The van der Waals surface area contributed by atoms with Gasteiger partial charge in [-0.25, -0.2) is 9.97 Å². The lowest BCUT2D eigenvalue weighted by molar-refractivity contribution is -0.142. The molecule has 2 amide bonds. The molecule has 3 aromatic rings. The lowest BCUT2D eigenvalue weighted by Gasteiger charge is -2.30. The summed E-state index contributed by atoms with van der Waals surface area (Å²) in [5, 5.41) is 11.9. The number of amides is 2. The number of benzene rings is 2. The molecule has 3 heterocycles. The van der Waals surface area contributed by atoms with Gasteiger partial charge in [-0.15, -0.1) is 0 Å². The number of carbonyl (C=O) groups is 3. The third-order valence-electron chi connectivity index (χ3n) is 9.00. The van der Waals surface area contributed by atoms with Crippen molar-refractivity contribution < 1.29 is 19.1 Å². The summed E-state index contributed by atoms with van der Waals surface area (Å²) in [6, 6.07) is 10.7. The quantitative estimate of drug-likeness (QED) is 0.420. The van der Waals surface area contributed by atoms with Crippen LogP contribution in [-0.4, -0.2) is 51.7 Å². The molecule has 3 aliphatic rings. The molecule has 0 radical (unpaired) electrons. The molecule has 2 aliphatic heterocycles. The topological polar surface area (TPSA) is 126 Å². The Labute approximate surface area is 244 Å². The number of fused-ring (bicyclic) bond motifs is 2. The number of methoxy groups -OCH3 is 1. The van der Waals surface area contributed by atoms with E-state index in [0.717, 1.165) is 28.7 Å². The summed E-state index contributed by atoms with van der Waals surface area (Å²) in [6.07, 6.45) is 4.69. The van der Waals surface area contributed by atoms with E-state index in [1.165, 1.54) is 6.92 Å². The van der Waals surface area contributed by atoms with Crippen molar-refractivity contribution in [1.29, 1.82) is 0 Å². The Morgan fingerprint density at radius 3 is 2.55 bits per heavy atom. The van der Waals surface area contributed by atoms with E-state index in [1.807, 2.05) is 50.2 Å². The Hall–Kier alpha value is -4.47. The maximum Gasteiger partial charge on any atom is 0.243 e. The molecule has 10 heteroatoms. The summed E-state index contributed by atoms with van der Waals surface area (Å²) >= 11 is 0. The molecule has 1 N–H and O–H groups in total. The number of nitrogens with zero attached hydrogens (tertiary/aromatic N) is 5. The second kappa shape index (κ2) is 10.1. The third kappa shape index (κ3) is 4.64. The first kappa shape index (κ1) is 27.7. The molecule has 4 atom stereocenters. The number of aryl methyl sites for hydroxylation is 2. The van der Waals surface area contributed by atoms with Gasteiger partial charge in [-0.05, 0) is 80.0 Å². The first-order valence-electron chi connectivity index (χ1n) is 14.1. The van der Waals surface area contributed by atoms with Gasteiger partial charge in [0, 0.05) is 36.1 Å². The highest BCUT2D eigenvalue weighted by Crippen LogP contribution is 2.60. The molecule has 216 valence electrons. The fourth-order valence-corrected chi connectivity index (χ4v) is 6.40. The average Bonchev–Trinajstić information content (AvgIpc) is 3.32. The number of hydrogen-bond donors (Lipinski definition) is 1. The van der Waals surface area contributed by atoms with Crippen molar-refractivity contribution in [3.05, 3.63) is 71.3 Å². The lowest BCUT2D eigenvalue weighted by atomic mass is 9.81. The Morgan fingerprint density at radius 2 is 1.83 bits per heavy atom. The van der Waals surface area contributed by atoms with E-state index in [9.17, 15) is 14.4 Å². The zero-order valence-corrected chi connectivity index (χ0v) is 24.5. The van der Waals surface area contributed by atoms with Crippen molar-refractivity contribution >= 4 is 23.3 Å². The van der Waals surface area contributed by atoms with Gasteiger partial charge in [0.25, 0.3) is 0 Å². The molecule has 1 saturated heterocycles. The fourth-order valence-electron chi connectivity index (χ4n) is 6.40. The molecular formula is C32H34N6O4. The van der Waals surface area contributed by atoms with Crippen LogP contribution in [0.15, 0.2) is 59.0 Å². The van der Waals surface area contributed by atoms with Crippen LogP contribution >= 0.6 is 0 Å². The predicted octanol–water partition coefficient (Wildman–Crippen LogP) is 4.74. The zero-order valence-electron chi connectivity index (χ0n) is 24.5. The molecule has 10 nitrogen and oxygen atoms in total. The Morgan fingerprint density at radius 1 is 1.07 bits per heavy atom. The van der Waals surface area contributed by atoms with E-state index in [1.54, 1.807) is 24.4 Å². The highest BCUT2D eigenvalue weighted by atomic mass is 16.5. The molecule has 6 rings (SSSR count). The first-order chi connectivity index (χ1) is 20.0. The van der Waals surface area contributed by atoms with E-state index in [2.05, 4.69) is 32.4 Å². The Balaban J connectivity index is 1.27. The summed E-state index contributed by atoms with van der Waals surface area (Å²) in [5.74, 6) is 0.618. The zero-order chi connectivity index (χ0) is 29.8. The molecule has 1 unspecified atom stereocenters. The van der Waals surface area contributed by atoms with Crippen LogP contribution in [-0.2, 0) is 26.5 Å². The highest BCUT2D eigenvalue weighted by Gasteiger charge is 2.65. The normalized spacial score (nSPS) is 25.1. The molecule has 0 spiro atoms. The smallest absolute Gasteiger partial charge is 0.243 e. The monoisotopic (exact) mass is 566 g/mol. The molecular weight excluding hydrogens is 532 g/mol. The van der Waals surface area contributed by atoms with Crippen LogP contribution in [0.4, 0.5) is 5.69 Å². The first-order valence-corrected chi connectivity index (χ1v) is 14.1. The largest absolute Gasteiger partial charge is 0.497 e. The van der Waals surface area contributed by atoms with Crippen LogP contribution in [0.1, 0.15) is 55.6 Å². The van der Waals surface area contributed by atoms with Gasteiger partial charge in [0.1, 0.15) is 17.6 Å². The van der Waals surface area contributed by atoms with Crippen molar-refractivity contribution in [2.45, 2.75) is 71.1 Å². The minimum atomic E-state index is -1.46. The molecule has 0 bridgehead atoms. The Kier molecular flexibility index (Phi) is 6.67. The third-order valence-corrected chi connectivity index (χ3v) is 9.00. The standard InChI is InChI=1S/C32H34N6O4/c1-18-9-22(23-16-33-20(3)34-17-23)11-25-29(18)36-37-32(25,19(2)39)14-28(40)38-26(12-31(4)13-27(31)38)30(41)35-15-21-7-6-8-24(10-21)42-5/h6-11,16-17,26-27H,12-15H2,1-5H3,(H,35,41)/t26-,27+,31-,32?/m0/s1. The van der Waals surface area contributed by atoms with Crippen molar-refractivity contribution in [2.24, 2.45) is 15.6 Å². The maximum absolute atomic E-state index is 14.1. The van der Waals surface area contributed by atoms with E-state index in [-0.39, 0.29) is 35.5 Å². The number of piperidine rings is 1. The molecule has 42 heavy (non-hydrogen) atoms. The minimum absolute atomic E-state index is 0.0443. The number of Topliss-reactive ketones (excluding diaryl/α,β-unsaturated/α-hetero) is 1. The van der Waals surface area contributed by atoms with Gasteiger partial charge < -0.3 is 15.0 Å². The number of ether oxygens (including phenoxy) is 1. The fraction of sp³-hybridized carbons (Fsp3) is 0.406. The van der Waals surface area contributed by atoms with Crippen LogP contribution in [0.5, 0.6) is 5.75 Å². The van der Waals surface area contributed by atoms with E-state index < -0.39 is 11.6 Å². The summed E-state index contributed by atoms with van der Waals surface area (Å²) in [4.78, 5) is 51.2. The van der Waals surface area contributed by atoms with E-state index in [0.29, 0.717) is 35.8 Å². The predicted molar refractivity (Wildman–Crippen MR) is 155 cm³/mol. The summed E-state index contributed by atoms with van der Waals surface area (Å²) in [7, 11) is 1.60. The van der Waals surface area contributed by atoms with Crippen LogP contribution < -0.4 is 10.1 Å². The van der Waals surface area contributed by atoms with Gasteiger partial charge in [-0.3, -0.25) is 14.4 Å². The van der Waals surface area contributed by atoms with Gasteiger partial charge in [-0.2, -0.15) is 10.2 Å². The van der Waals surface area contributed by atoms with Crippen LogP contribution in [0.2, 0.25) is 0 Å². The molecule has 1 saturated carbocycles. The molecule has 2 aromatic carbocycles. The van der Waals surface area contributed by atoms with E-state index in [4.69, 9.17) is 4.74 Å². The van der Waals surface area contributed by atoms with Gasteiger partial charge >= 0.3 is 0 Å². The van der Waals surface area contributed by atoms with Crippen molar-refractivity contribution in [2.75, 3.05) is 7.11 Å². The summed E-state index contributed by atoms with van der Waals surface area (Å²) < 4.78 is 5.29. The number of ketones is 1. The number of azo groups is 1. The number of rotatable bonds is 8. The average molecular weight is 567 g/mol. The van der Waals surface area contributed by atoms with Crippen molar-refractivity contribution in [3.8, 4) is 16.9 Å². The summed E-state index contributed by atoms with van der Waals surface area (Å²) in [6.45, 7) is 7.60. The van der Waals surface area contributed by atoms with Gasteiger partial charge in [0.15, 0.2) is 11.3 Å².